The van der Waals surface area contributed by atoms with Crippen molar-refractivity contribution < 1.29 is 17.9 Å². The van der Waals surface area contributed by atoms with Gasteiger partial charge in [0.1, 0.15) is 5.75 Å². The average Bonchev–Trinajstić information content (AvgIpc) is 2.72. The molecule has 1 unspecified atom stereocenters. The maximum absolute atomic E-state index is 12.7. The summed E-state index contributed by atoms with van der Waals surface area (Å²) in [5, 5.41) is 3.26. The molecule has 0 heterocycles. The molecule has 1 amide bonds. The lowest BCUT2D eigenvalue weighted by Gasteiger charge is -2.16. The van der Waals surface area contributed by atoms with Crippen molar-refractivity contribution in [2.75, 3.05) is 10.0 Å². The number of hydrogen-bond donors (Lipinski definition) is 2. The summed E-state index contributed by atoms with van der Waals surface area (Å²) in [6.45, 7) is 5.40. The van der Waals surface area contributed by atoms with E-state index in [9.17, 15) is 13.2 Å². The topological polar surface area (TPSA) is 84.5 Å². The SMILES string of the molecule is Cc1ccc(NS(=O)(=O)c2ccc(NC(=O)C(C)Oc3ccc(Cl)cc3Br)cc2)c(C)c1. The third-order valence-corrected chi connectivity index (χ3v) is 6.86. The molecule has 0 saturated heterocycles. The van der Waals surface area contributed by atoms with Crippen LogP contribution in [-0.2, 0) is 14.8 Å². The summed E-state index contributed by atoms with van der Waals surface area (Å²) >= 11 is 9.26. The van der Waals surface area contributed by atoms with E-state index < -0.39 is 16.1 Å². The summed E-state index contributed by atoms with van der Waals surface area (Å²) in [5.41, 5.74) is 2.85. The van der Waals surface area contributed by atoms with Crippen molar-refractivity contribution in [3.63, 3.8) is 0 Å². The predicted molar refractivity (Wildman–Crippen MR) is 131 cm³/mol. The first kappa shape index (κ1) is 24.1. The van der Waals surface area contributed by atoms with Crippen molar-refractivity contribution in [1.82, 2.24) is 0 Å². The lowest BCUT2D eigenvalue weighted by Crippen LogP contribution is -2.30. The van der Waals surface area contributed by atoms with Crippen LogP contribution in [0, 0.1) is 13.8 Å². The third kappa shape index (κ3) is 6.03. The summed E-state index contributed by atoms with van der Waals surface area (Å²) < 4.78 is 34.3. The monoisotopic (exact) mass is 536 g/mol. The van der Waals surface area contributed by atoms with Crippen LogP contribution in [0.4, 0.5) is 11.4 Å². The van der Waals surface area contributed by atoms with E-state index in [1.165, 1.54) is 24.3 Å². The molecule has 9 heteroatoms. The molecule has 3 rings (SSSR count). The van der Waals surface area contributed by atoms with Crippen LogP contribution in [0.5, 0.6) is 5.75 Å². The van der Waals surface area contributed by atoms with Gasteiger partial charge >= 0.3 is 0 Å². The number of ether oxygens (including phenoxy) is 1. The van der Waals surface area contributed by atoms with Crippen LogP contribution in [0.15, 0.2) is 70.0 Å². The minimum atomic E-state index is -3.76. The van der Waals surface area contributed by atoms with Gasteiger partial charge in [-0.3, -0.25) is 9.52 Å². The van der Waals surface area contributed by atoms with E-state index in [2.05, 4.69) is 26.0 Å². The summed E-state index contributed by atoms with van der Waals surface area (Å²) in [7, 11) is -3.76. The smallest absolute Gasteiger partial charge is 0.265 e. The Hall–Kier alpha value is -2.55. The van der Waals surface area contributed by atoms with E-state index in [1.54, 1.807) is 31.2 Å². The fourth-order valence-corrected chi connectivity index (χ4v) is 4.81. The highest BCUT2D eigenvalue weighted by Crippen LogP contribution is 2.29. The van der Waals surface area contributed by atoms with Crippen LogP contribution < -0.4 is 14.8 Å². The van der Waals surface area contributed by atoms with Crippen molar-refractivity contribution in [2.24, 2.45) is 0 Å². The molecule has 0 saturated carbocycles. The number of amides is 1. The van der Waals surface area contributed by atoms with Crippen LogP contribution >= 0.6 is 27.5 Å². The van der Waals surface area contributed by atoms with E-state index in [-0.39, 0.29) is 10.8 Å². The normalized spacial score (nSPS) is 12.2. The first-order chi connectivity index (χ1) is 15.0. The van der Waals surface area contributed by atoms with Crippen molar-refractivity contribution in [2.45, 2.75) is 31.8 Å². The Morgan fingerprint density at radius 2 is 1.72 bits per heavy atom. The predicted octanol–water partition coefficient (Wildman–Crippen LogP) is 5.93. The first-order valence-corrected chi connectivity index (χ1v) is 12.3. The molecule has 0 spiro atoms. The fourth-order valence-electron chi connectivity index (χ4n) is 2.91. The maximum atomic E-state index is 12.7. The zero-order chi connectivity index (χ0) is 23.5. The van der Waals surface area contributed by atoms with Gasteiger partial charge in [-0.05, 0) is 90.8 Å². The summed E-state index contributed by atoms with van der Waals surface area (Å²) in [5.74, 6) is 0.104. The number of sulfonamides is 1. The van der Waals surface area contributed by atoms with E-state index in [0.29, 0.717) is 26.6 Å². The molecule has 0 aliphatic heterocycles. The van der Waals surface area contributed by atoms with Gasteiger partial charge in [-0.15, -0.1) is 0 Å². The van der Waals surface area contributed by atoms with E-state index in [4.69, 9.17) is 16.3 Å². The third-order valence-electron chi connectivity index (χ3n) is 4.63. The van der Waals surface area contributed by atoms with Gasteiger partial charge in [0.25, 0.3) is 15.9 Å². The van der Waals surface area contributed by atoms with Crippen LogP contribution in [0.2, 0.25) is 5.02 Å². The number of benzene rings is 3. The minimum Gasteiger partial charge on any atom is -0.480 e. The number of halogens is 2. The Balaban J connectivity index is 1.66. The zero-order valence-corrected chi connectivity index (χ0v) is 20.8. The van der Waals surface area contributed by atoms with E-state index in [0.717, 1.165) is 11.1 Å². The number of aryl methyl sites for hydroxylation is 2. The highest BCUT2D eigenvalue weighted by molar-refractivity contribution is 9.10. The molecule has 0 aliphatic rings. The quantitative estimate of drug-likeness (QED) is 0.391. The highest BCUT2D eigenvalue weighted by Gasteiger charge is 2.18. The van der Waals surface area contributed by atoms with E-state index in [1.807, 2.05) is 26.0 Å². The minimum absolute atomic E-state index is 0.0878. The molecule has 1 atom stereocenters. The second-order valence-electron chi connectivity index (χ2n) is 7.27. The fraction of sp³-hybridized carbons (Fsp3) is 0.174. The molecule has 2 N–H and O–H groups in total. The molecule has 3 aromatic carbocycles. The number of anilines is 2. The zero-order valence-electron chi connectivity index (χ0n) is 17.6. The number of rotatable bonds is 7. The molecule has 32 heavy (non-hydrogen) atoms. The van der Waals surface area contributed by atoms with Gasteiger partial charge in [0.2, 0.25) is 0 Å². The van der Waals surface area contributed by atoms with Crippen LogP contribution in [0.3, 0.4) is 0 Å². The summed E-state index contributed by atoms with van der Waals surface area (Å²) in [6.07, 6.45) is -0.790. The van der Waals surface area contributed by atoms with Crippen molar-refractivity contribution in [3.05, 3.63) is 81.3 Å². The first-order valence-electron chi connectivity index (χ1n) is 9.68. The Labute approximate surface area is 201 Å². The Kier molecular flexibility index (Phi) is 7.48. The molecule has 0 aliphatic carbocycles. The van der Waals surface area contributed by atoms with Gasteiger partial charge in [0.15, 0.2) is 6.10 Å². The number of carbonyl (C=O) groups is 1. The average molecular weight is 538 g/mol. The van der Waals surface area contributed by atoms with Gasteiger partial charge in [-0.2, -0.15) is 0 Å². The lowest BCUT2D eigenvalue weighted by atomic mass is 10.1. The van der Waals surface area contributed by atoms with E-state index >= 15 is 0 Å². The second kappa shape index (κ2) is 9.94. The Morgan fingerprint density at radius 1 is 1.03 bits per heavy atom. The molecule has 3 aromatic rings. The molecule has 0 aromatic heterocycles. The molecule has 6 nitrogen and oxygen atoms in total. The van der Waals surface area contributed by atoms with Gasteiger partial charge in [0, 0.05) is 10.7 Å². The molecular weight excluding hydrogens is 516 g/mol. The van der Waals surface area contributed by atoms with Crippen molar-refractivity contribution >= 4 is 54.8 Å². The number of carbonyl (C=O) groups excluding carboxylic acids is 1. The van der Waals surface area contributed by atoms with Crippen molar-refractivity contribution in [1.29, 1.82) is 0 Å². The number of hydrogen-bond acceptors (Lipinski definition) is 4. The van der Waals surface area contributed by atoms with Gasteiger partial charge in [-0.1, -0.05) is 29.3 Å². The molecule has 0 fully saturated rings. The van der Waals surface area contributed by atoms with Crippen LogP contribution in [0.25, 0.3) is 0 Å². The Morgan fingerprint density at radius 3 is 2.34 bits per heavy atom. The molecule has 0 bridgehead atoms. The molecule has 0 radical (unpaired) electrons. The second-order valence-corrected chi connectivity index (χ2v) is 10.2. The molecule has 168 valence electrons. The van der Waals surface area contributed by atoms with Crippen molar-refractivity contribution in [3.8, 4) is 5.75 Å². The maximum Gasteiger partial charge on any atom is 0.265 e. The highest BCUT2D eigenvalue weighted by atomic mass is 79.9. The summed E-state index contributed by atoms with van der Waals surface area (Å²) in [4.78, 5) is 12.6. The van der Waals surface area contributed by atoms with Gasteiger partial charge in [0.05, 0.1) is 15.1 Å². The standard InChI is InChI=1S/C23H22BrClN2O4S/c1-14-4-10-21(15(2)12-14)27-32(29,30)19-8-6-18(7-9-19)26-23(28)16(3)31-22-11-5-17(25)13-20(22)24/h4-13,16,27H,1-3H3,(H,26,28). The molecular formula is C23H22BrClN2O4S. The largest absolute Gasteiger partial charge is 0.480 e. The van der Waals surface area contributed by atoms with Gasteiger partial charge in [-0.25, -0.2) is 8.42 Å². The summed E-state index contributed by atoms with van der Waals surface area (Å²) in [6, 6.07) is 16.4. The van der Waals surface area contributed by atoms with Crippen LogP contribution in [-0.4, -0.2) is 20.4 Å². The van der Waals surface area contributed by atoms with Crippen LogP contribution in [0.1, 0.15) is 18.1 Å². The Bertz CT molecular complexity index is 1250. The van der Waals surface area contributed by atoms with Gasteiger partial charge < -0.3 is 10.1 Å². The lowest BCUT2D eigenvalue weighted by molar-refractivity contribution is -0.122. The number of nitrogens with one attached hydrogen (secondary N) is 2.